The minimum Gasteiger partial charge on any atom is -0.388 e. The summed E-state index contributed by atoms with van der Waals surface area (Å²) in [5.41, 5.74) is 1.56. The van der Waals surface area contributed by atoms with Crippen LogP contribution in [0.1, 0.15) is 18.1 Å². The molecule has 0 aliphatic carbocycles. The Bertz CT molecular complexity index is 543. The molecule has 0 aliphatic heterocycles. The van der Waals surface area contributed by atoms with Gasteiger partial charge in [0.1, 0.15) is 0 Å². The fourth-order valence-corrected chi connectivity index (χ4v) is 2.50. The summed E-state index contributed by atoms with van der Waals surface area (Å²) < 4.78 is 0. The Balaban J connectivity index is 1.71. The molecule has 4 nitrogen and oxygen atoms in total. The van der Waals surface area contributed by atoms with E-state index in [2.05, 4.69) is 10.6 Å². The molecule has 1 aromatic carbocycles. The van der Waals surface area contributed by atoms with Crippen molar-refractivity contribution in [2.45, 2.75) is 12.5 Å². The lowest BCUT2D eigenvalue weighted by atomic mass is 10.1. The summed E-state index contributed by atoms with van der Waals surface area (Å²) >= 11 is 7.30. The van der Waals surface area contributed by atoms with Crippen LogP contribution in [0.3, 0.4) is 0 Å². The number of aliphatic hydroxyl groups is 1. The quantitative estimate of drug-likeness (QED) is 0.789. The van der Waals surface area contributed by atoms with Crippen LogP contribution in [0.5, 0.6) is 0 Å². The van der Waals surface area contributed by atoms with Gasteiger partial charge < -0.3 is 15.7 Å². The fourth-order valence-electron chi connectivity index (χ4n) is 1.66. The van der Waals surface area contributed by atoms with Crippen LogP contribution < -0.4 is 10.6 Å². The molecule has 6 heteroatoms. The number of carbonyl (C=O) groups excluding carboxylic acids is 1. The molecule has 2 rings (SSSR count). The number of hydrogen-bond acceptors (Lipinski definition) is 3. The smallest absolute Gasteiger partial charge is 0.319 e. The standard InChI is InChI=1S/C14H15ClN2O2S/c15-11-1-3-12(4-2-11)17-14(19)16-7-5-13(18)10-6-8-20-9-10/h1-4,6,8-9,13,18H,5,7H2,(H2,16,17,19). The largest absolute Gasteiger partial charge is 0.388 e. The molecule has 1 atom stereocenters. The van der Waals surface area contributed by atoms with E-state index in [4.69, 9.17) is 11.6 Å². The number of rotatable bonds is 5. The van der Waals surface area contributed by atoms with Crippen LogP contribution in [0.2, 0.25) is 5.02 Å². The highest BCUT2D eigenvalue weighted by molar-refractivity contribution is 7.07. The molecule has 0 saturated heterocycles. The first kappa shape index (κ1) is 14.8. The van der Waals surface area contributed by atoms with Gasteiger partial charge in [0, 0.05) is 17.3 Å². The maximum atomic E-state index is 11.6. The SMILES string of the molecule is O=C(NCCC(O)c1ccsc1)Nc1ccc(Cl)cc1. The molecule has 0 bridgehead atoms. The van der Waals surface area contributed by atoms with E-state index in [1.54, 1.807) is 35.6 Å². The zero-order valence-corrected chi connectivity index (χ0v) is 12.2. The van der Waals surface area contributed by atoms with Gasteiger partial charge in [0.25, 0.3) is 0 Å². The van der Waals surface area contributed by atoms with Gasteiger partial charge in [-0.1, -0.05) is 11.6 Å². The second-order valence-corrected chi connectivity index (χ2v) is 5.47. The molecule has 0 aliphatic rings. The number of thiophene rings is 1. The van der Waals surface area contributed by atoms with Crippen LogP contribution >= 0.6 is 22.9 Å². The first-order valence-electron chi connectivity index (χ1n) is 6.16. The van der Waals surface area contributed by atoms with Gasteiger partial charge in [-0.3, -0.25) is 0 Å². The van der Waals surface area contributed by atoms with Crippen LogP contribution in [0.25, 0.3) is 0 Å². The van der Waals surface area contributed by atoms with Gasteiger partial charge in [-0.25, -0.2) is 4.79 Å². The Hall–Kier alpha value is -1.56. The highest BCUT2D eigenvalue weighted by Crippen LogP contribution is 2.18. The molecule has 2 amide bonds. The summed E-state index contributed by atoms with van der Waals surface area (Å²) in [6.45, 7) is 0.399. The van der Waals surface area contributed by atoms with Crippen LogP contribution in [-0.2, 0) is 0 Å². The number of halogens is 1. The third kappa shape index (κ3) is 4.52. The summed E-state index contributed by atoms with van der Waals surface area (Å²) in [5, 5.41) is 19.7. The average Bonchev–Trinajstić information content (AvgIpc) is 2.95. The Morgan fingerprint density at radius 1 is 1.30 bits per heavy atom. The zero-order valence-electron chi connectivity index (χ0n) is 10.7. The van der Waals surface area contributed by atoms with Crippen molar-refractivity contribution >= 4 is 34.7 Å². The lowest BCUT2D eigenvalue weighted by molar-refractivity contribution is 0.168. The lowest BCUT2D eigenvalue weighted by Crippen LogP contribution is -2.30. The molecule has 1 heterocycles. The second kappa shape index (κ2) is 7.28. The van der Waals surface area contributed by atoms with Gasteiger partial charge >= 0.3 is 6.03 Å². The van der Waals surface area contributed by atoms with E-state index in [-0.39, 0.29) is 6.03 Å². The van der Waals surface area contributed by atoms with E-state index >= 15 is 0 Å². The molecule has 0 saturated carbocycles. The van der Waals surface area contributed by atoms with Gasteiger partial charge in [0.05, 0.1) is 6.10 Å². The third-order valence-corrected chi connectivity index (χ3v) is 3.69. The summed E-state index contributed by atoms with van der Waals surface area (Å²) in [5.74, 6) is 0. The van der Waals surface area contributed by atoms with E-state index in [1.807, 2.05) is 16.8 Å². The number of nitrogens with one attached hydrogen (secondary N) is 2. The van der Waals surface area contributed by atoms with E-state index < -0.39 is 6.10 Å². The summed E-state index contributed by atoms with van der Waals surface area (Å²) in [6.07, 6.45) is -0.0674. The van der Waals surface area contributed by atoms with Gasteiger partial charge in [0.2, 0.25) is 0 Å². The van der Waals surface area contributed by atoms with Crippen molar-refractivity contribution in [2.75, 3.05) is 11.9 Å². The molecule has 3 N–H and O–H groups in total. The van der Waals surface area contributed by atoms with Crippen LogP contribution in [0.4, 0.5) is 10.5 Å². The molecule has 0 spiro atoms. The molecular weight excluding hydrogens is 296 g/mol. The number of amides is 2. The number of benzene rings is 1. The molecule has 0 radical (unpaired) electrons. The predicted octanol–water partition coefficient (Wildman–Crippen LogP) is 3.65. The lowest BCUT2D eigenvalue weighted by Gasteiger charge is -2.11. The first-order valence-corrected chi connectivity index (χ1v) is 7.48. The zero-order chi connectivity index (χ0) is 14.4. The number of anilines is 1. The Morgan fingerprint density at radius 3 is 2.70 bits per heavy atom. The Morgan fingerprint density at radius 2 is 2.05 bits per heavy atom. The summed E-state index contributed by atoms with van der Waals surface area (Å²) in [6, 6.07) is 8.44. The Kier molecular flexibility index (Phi) is 5.40. The number of urea groups is 1. The number of carbonyl (C=O) groups is 1. The van der Waals surface area contributed by atoms with Crippen molar-refractivity contribution in [3.63, 3.8) is 0 Å². The average molecular weight is 311 g/mol. The second-order valence-electron chi connectivity index (χ2n) is 4.25. The molecule has 2 aromatic rings. The third-order valence-electron chi connectivity index (χ3n) is 2.73. The highest BCUT2D eigenvalue weighted by atomic mass is 35.5. The van der Waals surface area contributed by atoms with Crippen molar-refractivity contribution in [1.82, 2.24) is 5.32 Å². The molecule has 1 unspecified atom stereocenters. The summed E-state index contributed by atoms with van der Waals surface area (Å²) in [7, 11) is 0. The minimum absolute atomic E-state index is 0.301. The molecule has 1 aromatic heterocycles. The van der Waals surface area contributed by atoms with E-state index in [0.717, 1.165) is 5.56 Å². The van der Waals surface area contributed by atoms with E-state index in [9.17, 15) is 9.90 Å². The Labute approximate surface area is 126 Å². The van der Waals surface area contributed by atoms with E-state index in [1.165, 1.54) is 0 Å². The van der Waals surface area contributed by atoms with Crippen LogP contribution in [0, 0.1) is 0 Å². The van der Waals surface area contributed by atoms with Crippen molar-refractivity contribution in [1.29, 1.82) is 0 Å². The van der Waals surface area contributed by atoms with Crippen LogP contribution in [-0.4, -0.2) is 17.7 Å². The monoisotopic (exact) mass is 310 g/mol. The maximum Gasteiger partial charge on any atom is 0.319 e. The van der Waals surface area contributed by atoms with Crippen LogP contribution in [0.15, 0.2) is 41.1 Å². The number of aliphatic hydroxyl groups excluding tert-OH is 1. The fraction of sp³-hybridized carbons (Fsp3) is 0.214. The molecule has 0 fully saturated rings. The molecule has 20 heavy (non-hydrogen) atoms. The minimum atomic E-state index is -0.544. The van der Waals surface area contributed by atoms with Crippen molar-refractivity contribution in [3.8, 4) is 0 Å². The molecule has 106 valence electrons. The first-order chi connectivity index (χ1) is 9.65. The van der Waals surface area contributed by atoms with Gasteiger partial charge in [0.15, 0.2) is 0 Å². The van der Waals surface area contributed by atoms with Crippen molar-refractivity contribution < 1.29 is 9.90 Å². The topological polar surface area (TPSA) is 61.4 Å². The maximum absolute atomic E-state index is 11.6. The normalized spacial score (nSPS) is 11.9. The van der Waals surface area contributed by atoms with Gasteiger partial charge in [-0.2, -0.15) is 11.3 Å². The van der Waals surface area contributed by atoms with Gasteiger partial charge in [-0.15, -0.1) is 0 Å². The predicted molar refractivity (Wildman–Crippen MR) is 82.4 cm³/mol. The summed E-state index contributed by atoms with van der Waals surface area (Å²) in [4.78, 5) is 11.6. The van der Waals surface area contributed by atoms with E-state index in [0.29, 0.717) is 23.7 Å². The molecular formula is C14H15ClN2O2S. The van der Waals surface area contributed by atoms with Gasteiger partial charge in [-0.05, 0) is 53.1 Å². The van der Waals surface area contributed by atoms with Crippen molar-refractivity contribution in [3.05, 3.63) is 51.7 Å². The van der Waals surface area contributed by atoms with Crippen molar-refractivity contribution in [2.24, 2.45) is 0 Å². The highest BCUT2D eigenvalue weighted by Gasteiger charge is 2.08. The number of hydrogen-bond donors (Lipinski definition) is 3.